The number of nitrogens with zero attached hydrogens (tertiary/aromatic N) is 3. The summed E-state index contributed by atoms with van der Waals surface area (Å²) in [5.41, 5.74) is -2.49. The monoisotopic (exact) mass is 489 g/mol. The molecule has 1 spiro atoms. The summed E-state index contributed by atoms with van der Waals surface area (Å²) in [5.74, 6) is -2.15. The maximum absolute atomic E-state index is 14.2. The van der Waals surface area contributed by atoms with E-state index >= 15 is 0 Å². The van der Waals surface area contributed by atoms with Gasteiger partial charge in [-0.25, -0.2) is 0 Å². The molecule has 2 bridgehead atoms. The van der Waals surface area contributed by atoms with Crippen molar-refractivity contribution in [1.29, 1.82) is 0 Å². The van der Waals surface area contributed by atoms with Crippen molar-refractivity contribution in [2.45, 2.75) is 77.2 Å². The third-order valence-corrected chi connectivity index (χ3v) is 8.20. The quantitative estimate of drug-likeness (QED) is 0.475. The fraction of sp³-hybridized carbons (Fsp3) is 0.741. The second kappa shape index (κ2) is 9.69. The molecule has 8 heteroatoms. The van der Waals surface area contributed by atoms with Crippen LogP contribution in [0.4, 0.5) is 0 Å². The standard InChI is InChI=1S/C27H43N3O5/c1-9-12-28(13-10-2)22(32)19-20-23(33)29(15-16-31)21(24(34)30(14-11-3)25(5,6)7)27(20)17-18(4)26(19,8)35-27/h9,11,18-21,31H,1,3,10,12-17H2,2,4-8H3/t18?,19-,20-,21?,26+,27?/m0/s1. The van der Waals surface area contributed by atoms with Crippen LogP contribution in [-0.2, 0) is 19.1 Å². The zero-order chi connectivity index (χ0) is 26.3. The van der Waals surface area contributed by atoms with E-state index in [-0.39, 0.29) is 36.8 Å². The van der Waals surface area contributed by atoms with Crippen molar-refractivity contribution in [1.82, 2.24) is 14.7 Å². The number of ether oxygens (including phenoxy) is 1. The fourth-order valence-corrected chi connectivity index (χ4v) is 6.63. The molecule has 1 N–H and O–H groups in total. The molecule has 196 valence electrons. The highest BCUT2D eigenvalue weighted by Gasteiger charge is 2.80. The number of aliphatic hydroxyl groups excluding tert-OH is 1. The summed E-state index contributed by atoms with van der Waals surface area (Å²) in [6, 6.07) is -0.910. The van der Waals surface area contributed by atoms with Gasteiger partial charge in [0.05, 0.1) is 24.0 Å². The van der Waals surface area contributed by atoms with Crippen LogP contribution in [0.3, 0.4) is 0 Å². The predicted molar refractivity (Wildman–Crippen MR) is 134 cm³/mol. The van der Waals surface area contributed by atoms with Gasteiger partial charge in [-0.2, -0.15) is 0 Å². The highest BCUT2D eigenvalue weighted by molar-refractivity contribution is 5.99. The number of hydrogen-bond acceptors (Lipinski definition) is 5. The molecule has 3 aliphatic heterocycles. The summed E-state index contributed by atoms with van der Waals surface area (Å²) in [7, 11) is 0. The largest absolute Gasteiger partial charge is 0.395 e. The van der Waals surface area contributed by atoms with Crippen molar-refractivity contribution in [3.8, 4) is 0 Å². The molecule has 0 saturated carbocycles. The molecular weight excluding hydrogens is 446 g/mol. The Morgan fingerprint density at radius 3 is 2.37 bits per heavy atom. The Bertz CT molecular complexity index is 883. The van der Waals surface area contributed by atoms with E-state index in [9.17, 15) is 19.5 Å². The van der Waals surface area contributed by atoms with Crippen molar-refractivity contribution in [2.24, 2.45) is 17.8 Å². The molecule has 3 unspecified atom stereocenters. The third kappa shape index (κ3) is 4.12. The molecule has 3 aliphatic rings. The van der Waals surface area contributed by atoms with Crippen LogP contribution in [0.1, 0.15) is 54.4 Å². The SMILES string of the molecule is C=CCN(CCC)C(=O)[C@@H]1[C@H]2C(=O)N(CCO)C(C(=O)N(CC=C)C(C)(C)C)C23CC(C)[C@@]1(C)O3. The number of hydrogen-bond donors (Lipinski definition) is 1. The Labute approximate surface area is 210 Å². The van der Waals surface area contributed by atoms with Gasteiger partial charge in [0.15, 0.2) is 0 Å². The van der Waals surface area contributed by atoms with Crippen LogP contribution in [0.2, 0.25) is 0 Å². The second-order valence-electron chi connectivity index (χ2n) is 11.4. The van der Waals surface area contributed by atoms with Crippen LogP contribution >= 0.6 is 0 Å². The van der Waals surface area contributed by atoms with Crippen LogP contribution in [0.25, 0.3) is 0 Å². The van der Waals surface area contributed by atoms with Gasteiger partial charge in [-0.15, -0.1) is 13.2 Å². The lowest BCUT2D eigenvalue weighted by Gasteiger charge is -2.42. The predicted octanol–water partition coefficient (Wildman–Crippen LogP) is 2.23. The normalized spacial score (nSPS) is 33.6. The summed E-state index contributed by atoms with van der Waals surface area (Å²) in [4.78, 5) is 47.0. The van der Waals surface area contributed by atoms with Crippen molar-refractivity contribution in [3.05, 3.63) is 25.3 Å². The van der Waals surface area contributed by atoms with Crippen molar-refractivity contribution in [3.63, 3.8) is 0 Å². The van der Waals surface area contributed by atoms with E-state index < -0.39 is 34.6 Å². The molecule has 0 aromatic heterocycles. The van der Waals surface area contributed by atoms with Gasteiger partial charge >= 0.3 is 0 Å². The van der Waals surface area contributed by atoms with Gasteiger partial charge in [-0.1, -0.05) is 26.0 Å². The first-order valence-corrected chi connectivity index (χ1v) is 12.8. The Kier molecular flexibility index (Phi) is 7.59. The number of fused-ring (bicyclic) bond motifs is 1. The lowest BCUT2D eigenvalue weighted by molar-refractivity contribution is -0.157. The molecule has 6 atom stereocenters. The number of carbonyl (C=O) groups is 3. The van der Waals surface area contributed by atoms with Gasteiger partial charge < -0.3 is 24.5 Å². The fourth-order valence-electron chi connectivity index (χ4n) is 6.63. The van der Waals surface area contributed by atoms with E-state index in [1.54, 1.807) is 22.0 Å². The van der Waals surface area contributed by atoms with E-state index in [1.807, 2.05) is 41.5 Å². The molecular formula is C27H43N3O5. The number of rotatable bonds is 10. The zero-order valence-electron chi connectivity index (χ0n) is 22.2. The summed E-state index contributed by atoms with van der Waals surface area (Å²) >= 11 is 0. The summed E-state index contributed by atoms with van der Waals surface area (Å²) in [6.07, 6.45) is 4.65. The van der Waals surface area contributed by atoms with Crippen molar-refractivity contribution in [2.75, 3.05) is 32.8 Å². The molecule has 3 amide bonds. The highest BCUT2D eigenvalue weighted by atomic mass is 16.5. The first-order chi connectivity index (χ1) is 16.3. The summed E-state index contributed by atoms with van der Waals surface area (Å²) in [6.45, 7) is 20.4. The molecule has 3 fully saturated rings. The Hall–Kier alpha value is -2.19. The van der Waals surface area contributed by atoms with Crippen LogP contribution in [-0.4, -0.2) is 93.1 Å². The Balaban J connectivity index is 2.14. The maximum atomic E-state index is 14.2. The average molecular weight is 490 g/mol. The molecule has 0 radical (unpaired) electrons. The number of amides is 3. The molecule has 3 saturated heterocycles. The lowest BCUT2D eigenvalue weighted by Crippen LogP contribution is -2.60. The van der Waals surface area contributed by atoms with Crippen LogP contribution in [0.5, 0.6) is 0 Å². The summed E-state index contributed by atoms with van der Waals surface area (Å²) in [5, 5.41) is 9.82. The van der Waals surface area contributed by atoms with Crippen molar-refractivity contribution < 1.29 is 24.2 Å². The van der Waals surface area contributed by atoms with Crippen LogP contribution in [0.15, 0.2) is 25.3 Å². The molecule has 0 aliphatic carbocycles. The van der Waals surface area contributed by atoms with E-state index in [0.717, 1.165) is 6.42 Å². The van der Waals surface area contributed by atoms with E-state index in [1.165, 1.54) is 4.90 Å². The molecule has 0 aromatic rings. The van der Waals surface area contributed by atoms with E-state index in [4.69, 9.17) is 4.74 Å². The van der Waals surface area contributed by atoms with Gasteiger partial charge in [-0.05, 0) is 46.5 Å². The van der Waals surface area contributed by atoms with Gasteiger partial charge in [0.25, 0.3) is 0 Å². The minimum absolute atomic E-state index is 0.0141. The van der Waals surface area contributed by atoms with Gasteiger partial charge in [0, 0.05) is 31.7 Å². The number of β-amino-alcohol motifs (C(OH)–C–C–N with tert-alkyl or cyclic N) is 1. The average Bonchev–Trinajstić information content (AvgIpc) is 3.28. The number of carbonyl (C=O) groups excluding carboxylic acids is 3. The van der Waals surface area contributed by atoms with E-state index in [2.05, 4.69) is 13.2 Å². The minimum atomic E-state index is -1.12. The topological polar surface area (TPSA) is 90.4 Å². The first-order valence-electron chi connectivity index (χ1n) is 12.8. The maximum Gasteiger partial charge on any atom is 0.249 e. The minimum Gasteiger partial charge on any atom is -0.395 e. The first kappa shape index (κ1) is 27.4. The molecule has 3 rings (SSSR count). The summed E-state index contributed by atoms with van der Waals surface area (Å²) < 4.78 is 6.75. The van der Waals surface area contributed by atoms with E-state index in [0.29, 0.717) is 26.1 Å². The molecule has 0 aromatic carbocycles. The smallest absolute Gasteiger partial charge is 0.249 e. The van der Waals surface area contributed by atoms with Crippen LogP contribution < -0.4 is 0 Å². The van der Waals surface area contributed by atoms with Gasteiger partial charge in [0.2, 0.25) is 17.7 Å². The lowest BCUT2D eigenvalue weighted by atomic mass is 9.62. The molecule has 8 nitrogen and oxygen atoms in total. The Morgan fingerprint density at radius 2 is 1.86 bits per heavy atom. The highest BCUT2D eigenvalue weighted by Crippen LogP contribution is 2.65. The molecule has 3 heterocycles. The van der Waals surface area contributed by atoms with Gasteiger partial charge in [-0.3, -0.25) is 14.4 Å². The Morgan fingerprint density at radius 1 is 1.23 bits per heavy atom. The number of likely N-dealkylation sites (tertiary alicyclic amines) is 1. The third-order valence-electron chi connectivity index (χ3n) is 8.20. The zero-order valence-corrected chi connectivity index (χ0v) is 22.2. The van der Waals surface area contributed by atoms with Crippen LogP contribution in [0, 0.1) is 17.8 Å². The second-order valence-corrected chi connectivity index (χ2v) is 11.4. The molecule has 35 heavy (non-hydrogen) atoms. The number of aliphatic hydroxyl groups is 1. The van der Waals surface area contributed by atoms with Gasteiger partial charge in [0.1, 0.15) is 11.6 Å². The van der Waals surface area contributed by atoms with Crippen molar-refractivity contribution >= 4 is 17.7 Å².